The van der Waals surface area contributed by atoms with Gasteiger partial charge in [-0.05, 0) is 36.7 Å². The summed E-state index contributed by atoms with van der Waals surface area (Å²) in [4.78, 5) is 15.9. The van der Waals surface area contributed by atoms with Gasteiger partial charge in [0.2, 0.25) is 0 Å². The van der Waals surface area contributed by atoms with Crippen molar-refractivity contribution in [2.45, 2.75) is 39.0 Å². The van der Waals surface area contributed by atoms with E-state index < -0.39 is 11.7 Å². The molecule has 1 fully saturated rings. The number of amides is 1. The van der Waals surface area contributed by atoms with Gasteiger partial charge in [-0.15, -0.1) is 0 Å². The molecule has 1 aromatic heterocycles. The van der Waals surface area contributed by atoms with Crippen molar-refractivity contribution < 1.29 is 14.6 Å². The number of aromatic nitrogens is 2. The number of hydrogen-bond donors (Lipinski definition) is 1. The molecule has 1 unspecified atom stereocenters. The third-order valence-electron chi connectivity index (χ3n) is 3.49. The second kappa shape index (κ2) is 7.63. The molecule has 23 heavy (non-hydrogen) atoms. The van der Waals surface area contributed by atoms with Crippen LogP contribution in [0.15, 0.2) is 16.9 Å². The fraction of sp³-hybridized carbons (Fsp3) is 0.733. The topological polar surface area (TPSA) is 70.8 Å². The third-order valence-corrected chi connectivity index (χ3v) is 3.90. The van der Waals surface area contributed by atoms with E-state index in [-0.39, 0.29) is 6.09 Å². The van der Waals surface area contributed by atoms with Crippen molar-refractivity contribution in [2.24, 2.45) is 0 Å². The lowest BCUT2D eigenvalue weighted by Gasteiger charge is -2.36. The SMILES string of the molecule is CC(C)(C)OC(=O)N1CCN(CC(O)Cn2cc(Br)cn2)CC1. The Balaban J connectivity index is 1.73. The van der Waals surface area contributed by atoms with Gasteiger partial charge in [-0.25, -0.2) is 4.79 Å². The van der Waals surface area contributed by atoms with E-state index in [2.05, 4.69) is 25.9 Å². The molecule has 0 saturated carbocycles. The number of carbonyl (C=O) groups is 1. The van der Waals surface area contributed by atoms with Crippen molar-refractivity contribution in [1.82, 2.24) is 19.6 Å². The van der Waals surface area contributed by atoms with Crippen molar-refractivity contribution in [1.29, 1.82) is 0 Å². The van der Waals surface area contributed by atoms with E-state index in [0.29, 0.717) is 26.2 Å². The van der Waals surface area contributed by atoms with Gasteiger partial charge in [-0.3, -0.25) is 9.58 Å². The lowest BCUT2D eigenvalue weighted by molar-refractivity contribution is 0.00920. The fourth-order valence-corrected chi connectivity index (χ4v) is 2.78. The van der Waals surface area contributed by atoms with Crippen molar-refractivity contribution in [3.8, 4) is 0 Å². The number of hydrogen-bond acceptors (Lipinski definition) is 5. The molecule has 7 nitrogen and oxygen atoms in total. The summed E-state index contributed by atoms with van der Waals surface area (Å²) in [5, 5.41) is 14.3. The number of rotatable bonds is 4. The predicted molar refractivity (Wildman–Crippen MR) is 90.2 cm³/mol. The average Bonchev–Trinajstić information content (AvgIpc) is 2.82. The summed E-state index contributed by atoms with van der Waals surface area (Å²) >= 11 is 3.34. The number of β-amino-alcohol motifs (C(OH)–C–C–N with tert-alkyl or cyclic N) is 1. The zero-order valence-corrected chi connectivity index (χ0v) is 15.5. The standard InChI is InChI=1S/C15H25BrN4O3/c1-15(2,3)23-14(22)19-6-4-18(5-7-19)10-13(21)11-20-9-12(16)8-17-20/h8-9,13,21H,4-7,10-11H2,1-3H3. The molecule has 130 valence electrons. The average molecular weight is 389 g/mol. The first-order valence-corrected chi connectivity index (χ1v) is 8.58. The van der Waals surface area contributed by atoms with Gasteiger partial charge in [0.1, 0.15) is 5.60 Å². The van der Waals surface area contributed by atoms with Crippen LogP contribution in [0.2, 0.25) is 0 Å². The molecular weight excluding hydrogens is 364 g/mol. The minimum absolute atomic E-state index is 0.265. The maximum absolute atomic E-state index is 12.0. The minimum Gasteiger partial charge on any atom is -0.444 e. The van der Waals surface area contributed by atoms with Crippen LogP contribution in [0, 0.1) is 0 Å². The molecule has 1 N–H and O–H groups in total. The maximum Gasteiger partial charge on any atom is 0.410 e. The van der Waals surface area contributed by atoms with Crippen LogP contribution in [0.25, 0.3) is 0 Å². The van der Waals surface area contributed by atoms with E-state index in [1.54, 1.807) is 15.8 Å². The minimum atomic E-state index is -0.491. The van der Waals surface area contributed by atoms with Gasteiger partial charge in [-0.1, -0.05) is 0 Å². The van der Waals surface area contributed by atoms with Crippen LogP contribution in [0.4, 0.5) is 4.79 Å². The highest BCUT2D eigenvalue weighted by Gasteiger charge is 2.26. The quantitative estimate of drug-likeness (QED) is 0.847. The first kappa shape index (κ1) is 18.2. The van der Waals surface area contributed by atoms with E-state index in [9.17, 15) is 9.90 Å². The second-order valence-corrected chi connectivity index (χ2v) is 7.72. The molecular formula is C15H25BrN4O3. The van der Waals surface area contributed by atoms with Crippen LogP contribution in [-0.4, -0.2) is 75.2 Å². The summed E-state index contributed by atoms with van der Waals surface area (Å²) in [5.41, 5.74) is -0.470. The van der Waals surface area contributed by atoms with Gasteiger partial charge < -0.3 is 14.7 Å². The predicted octanol–water partition coefficient (Wildman–Crippen LogP) is 1.56. The lowest BCUT2D eigenvalue weighted by atomic mass is 10.2. The molecule has 0 spiro atoms. The van der Waals surface area contributed by atoms with Crippen LogP contribution in [0.3, 0.4) is 0 Å². The number of nitrogens with zero attached hydrogens (tertiary/aromatic N) is 4. The number of aliphatic hydroxyl groups excluding tert-OH is 1. The van der Waals surface area contributed by atoms with Gasteiger partial charge in [0.15, 0.2) is 0 Å². The molecule has 1 aliphatic heterocycles. The summed E-state index contributed by atoms with van der Waals surface area (Å²) in [6, 6.07) is 0. The zero-order valence-electron chi connectivity index (χ0n) is 13.9. The number of ether oxygens (including phenoxy) is 1. The van der Waals surface area contributed by atoms with Gasteiger partial charge in [0.25, 0.3) is 0 Å². The van der Waals surface area contributed by atoms with Gasteiger partial charge in [0, 0.05) is 38.9 Å². The first-order valence-electron chi connectivity index (χ1n) is 7.79. The molecule has 1 atom stereocenters. The fourth-order valence-electron chi connectivity index (χ4n) is 2.45. The molecule has 1 aliphatic rings. The summed E-state index contributed by atoms with van der Waals surface area (Å²) in [7, 11) is 0. The molecule has 8 heteroatoms. The molecule has 1 aromatic rings. The van der Waals surface area contributed by atoms with Crippen LogP contribution < -0.4 is 0 Å². The van der Waals surface area contributed by atoms with Gasteiger partial charge in [-0.2, -0.15) is 5.10 Å². The third kappa shape index (κ3) is 6.12. The Morgan fingerprint density at radius 2 is 2.00 bits per heavy atom. The van der Waals surface area contributed by atoms with E-state index >= 15 is 0 Å². The second-order valence-electron chi connectivity index (χ2n) is 6.80. The number of halogens is 1. The normalized spacial score (nSPS) is 18.0. The first-order chi connectivity index (χ1) is 10.7. The summed E-state index contributed by atoms with van der Waals surface area (Å²) in [6.45, 7) is 9.33. The largest absolute Gasteiger partial charge is 0.444 e. The highest BCUT2D eigenvalue weighted by molar-refractivity contribution is 9.10. The molecule has 0 aromatic carbocycles. The molecule has 1 saturated heterocycles. The van der Waals surface area contributed by atoms with Crippen molar-refractivity contribution in [3.05, 3.63) is 16.9 Å². The van der Waals surface area contributed by atoms with Gasteiger partial charge >= 0.3 is 6.09 Å². The number of aliphatic hydroxyl groups is 1. The lowest BCUT2D eigenvalue weighted by Crippen LogP contribution is -2.51. The van der Waals surface area contributed by atoms with E-state index in [0.717, 1.165) is 17.6 Å². The van der Waals surface area contributed by atoms with Crippen LogP contribution in [0.1, 0.15) is 20.8 Å². The number of carbonyl (C=O) groups excluding carboxylic acids is 1. The highest BCUT2D eigenvalue weighted by atomic mass is 79.9. The Kier molecular flexibility index (Phi) is 6.05. The number of piperazine rings is 1. The van der Waals surface area contributed by atoms with Crippen molar-refractivity contribution in [3.63, 3.8) is 0 Å². The van der Waals surface area contributed by atoms with Gasteiger partial charge in [0.05, 0.1) is 23.3 Å². The van der Waals surface area contributed by atoms with E-state index in [1.807, 2.05) is 27.0 Å². The summed E-state index contributed by atoms with van der Waals surface area (Å²) in [6.07, 6.45) is 2.78. The van der Waals surface area contributed by atoms with Crippen LogP contribution in [-0.2, 0) is 11.3 Å². The monoisotopic (exact) mass is 388 g/mol. The molecule has 2 rings (SSSR count). The highest BCUT2D eigenvalue weighted by Crippen LogP contribution is 2.12. The summed E-state index contributed by atoms with van der Waals surface area (Å²) in [5.74, 6) is 0. The molecule has 0 bridgehead atoms. The smallest absolute Gasteiger partial charge is 0.410 e. The van der Waals surface area contributed by atoms with E-state index in [4.69, 9.17) is 4.74 Å². The Bertz CT molecular complexity index is 521. The molecule has 1 amide bonds. The molecule has 2 heterocycles. The van der Waals surface area contributed by atoms with E-state index in [1.165, 1.54) is 0 Å². The van der Waals surface area contributed by atoms with Crippen molar-refractivity contribution in [2.75, 3.05) is 32.7 Å². The Hall–Kier alpha value is -1.12. The molecule has 0 aliphatic carbocycles. The van der Waals surface area contributed by atoms with Crippen LogP contribution >= 0.6 is 15.9 Å². The van der Waals surface area contributed by atoms with Crippen LogP contribution in [0.5, 0.6) is 0 Å². The Morgan fingerprint density at radius 3 is 2.52 bits per heavy atom. The Labute approximate surface area is 145 Å². The molecule has 0 radical (unpaired) electrons. The summed E-state index contributed by atoms with van der Waals surface area (Å²) < 4.78 is 7.99. The Morgan fingerprint density at radius 1 is 1.35 bits per heavy atom. The maximum atomic E-state index is 12.0. The van der Waals surface area contributed by atoms with Crippen molar-refractivity contribution >= 4 is 22.0 Å². The zero-order chi connectivity index (χ0) is 17.0.